The number of nitrogens with two attached hydrogens (primary N) is 1. The quantitative estimate of drug-likeness (QED) is 0.600. The van der Waals surface area contributed by atoms with Gasteiger partial charge in [0.15, 0.2) is 0 Å². The second kappa shape index (κ2) is 8.03. The summed E-state index contributed by atoms with van der Waals surface area (Å²) in [6.07, 6.45) is 0. The minimum absolute atomic E-state index is 0.265. The largest absolute Gasteiger partial charge is 0.489 e. The van der Waals surface area contributed by atoms with Crippen molar-refractivity contribution in [2.24, 2.45) is 5.73 Å². The van der Waals surface area contributed by atoms with E-state index in [2.05, 4.69) is 0 Å². The van der Waals surface area contributed by atoms with Crippen LogP contribution in [0.25, 0.3) is 0 Å². The van der Waals surface area contributed by atoms with Gasteiger partial charge in [-0.25, -0.2) is 4.79 Å². The molecular weight excluding hydrogens is 342 g/mol. The average Bonchev–Trinajstić information content (AvgIpc) is 2.73. The summed E-state index contributed by atoms with van der Waals surface area (Å²) in [5, 5.41) is 20.4. The lowest BCUT2D eigenvalue weighted by Gasteiger charge is -2.24. The molecular formula is C22H21NO4. The van der Waals surface area contributed by atoms with Gasteiger partial charge in [-0.15, -0.1) is 0 Å². The van der Waals surface area contributed by atoms with Gasteiger partial charge in [-0.1, -0.05) is 66.7 Å². The van der Waals surface area contributed by atoms with E-state index in [0.29, 0.717) is 24.5 Å². The van der Waals surface area contributed by atoms with Crippen molar-refractivity contribution in [3.05, 3.63) is 101 Å². The lowest BCUT2D eigenvalue weighted by Crippen LogP contribution is -2.36. The van der Waals surface area contributed by atoms with Crippen molar-refractivity contribution in [2.75, 3.05) is 0 Å². The number of carboxylic acids is 1. The highest BCUT2D eigenvalue weighted by molar-refractivity contribution is 5.83. The molecule has 0 amide bonds. The van der Waals surface area contributed by atoms with E-state index in [9.17, 15) is 15.0 Å². The van der Waals surface area contributed by atoms with Crippen molar-refractivity contribution in [3.8, 4) is 5.75 Å². The molecule has 1 unspecified atom stereocenters. The highest BCUT2D eigenvalue weighted by atomic mass is 16.5. The first kappa shape index (κ1) is 18.6. The summed E-state index contributed by atoms with van der Waals surface area (Å²) < 4.78 is 5.74. The van der Waals surface area contributed by atoms with Crippen LogP contribution in [0.4, 0.5) is 0 Å². The van der Waals surface area contributed by atoms with E-state index in [0.717, 1.165) is 11.1 Å². The van der Waals surface area contributed by atoms with Crippen molar-refractivity contribution >= 4 is 5.97 Å². The number of ether oxygens (including phenoxy) is 1. The zero-order chi connectivity index (χ0) is 19.3. The number of rotatable bonds is 7. The molecule has 0 saturated carbocycles. The van der Waals surface area contributed by atoms with Gasteiger partial charge in [0, 0.05) is 6.54 Å². The standard InChI is InChI=1S/C22H21NO4/c23-14-16-6-8-17(9-7-16)15-27-20-12-10-19(11-13-20)22(26,21(24)25)18-4-2-1-3-5-18/h1-13,26H,14-15,23H2,(H,24,25). The highest BCUT2D eigenvalue weighted by Gasteiger charge is 2.39. The van der Waals surface area contributed by atoms with Crippen molar-refractivity contribution in [2.45, 2.75) is 18.8 Å². The number of aliphatic hydroxyl groups is 1. The van der Waals surface area contributed by atoms with Crippen LogP contribution < -0.4 is 10.5 Å². The maximum absolute atomic E-state index is 11.8. The fourth-order valence-electron chi connectivity index (χ4n) is 2.82. The molecule has 0 aromatic heterocycles. The van der Waals surface area contributed by atoms with Crippen LogP contribution in [0, 0.1) is 0 Å². The molecule has 0 heterocycles. The first-order valence-corrected chi connectivity index (χ1v) is 8.56. The van der Waals surface area contributed by atoms with E-state index in [1.165, 1.54) is 0 Å². The van der Waals surface area contributed by atoms with E-state index in [4.69, 9.17) is 10.5 Å². The molecule has 0 fully saturated rings. The first-order chi connectivity index (χ1) is 13.0. The molecule has 3 rings (SSSR count). The number of hydrogen-bond donors (Lipinski definition) is 3. The molecule has 0 aliphatic carbocycles. The molecule has 5 heteroatoms. The van der Waals surface area contributed by atoms with Crippen molar-refractivity contribution in [1.29, 1.82) is 0 Å². The van der Waals surface area contributed by atoms with Crippen LogP contribution in [0.1, 0.15) is 22.3 Å². The Morgan fingerprint density at radius 1 is 0.852 bits per heavy atom. The average molecular weight is 363 g/mol. The fourth-order valence-corrected chi connectivity index (χ4v) is 2.82. The van der Waals surface area contributed by atoms with Gasteiger partial charge in [0.05, 0.1) is 0 Å². The minimum Gasteiger partial charge on any atom is -0.489 e. The van der Waals surface area contributed by atoms with Crippen molar-refractivity contribution < 1.29 is 19.7 Å². The normalized spacial score (nSPS) is 13.0. The van der Waals surface area contributed by atoms with Crippen LogP contribution in [0.2, 0.25) is 0 Å². The van der Waals surface area contributed by atoms with E-state index in [1.807, 2.05) is 24.3 Å². The van der Waals surface area contributed by atoms with Gasteiger partial charge in [0.2, 0.25) is 5.60 Å². The summed E-state index contributed by atoms with van der Waals surface area (Å²) in [5.74, 6) is -0.746. The predicted octanol–water partition coefficient (Wildman–Crippen LogP) is 3.04. The molecule has 4 N–H and O–H groups in total. The monoisotopic (exact) mass is 363 g/mol. The number of carboxylic acid groups (broad SMARTS) is 1. The van der Waals surface area contributed by atoms with Crippen LogP contribution >= 0.6 is 0 Å². The van der Waals surface area contributed by atoms with E-state index in [-0.39, 0.29) is 5.56 Å². The molecule has 27 heavy (non-hydrogen) atoms. The van der Waals surface area contributed by atoms with Crippen molar-refractivity contribution in [3.63, 3.8) is 0 Å². The lowest BCUT2D eigenvalue weighted by molar-refractivity contribution is -0.155. The van der Waals surface area contributed by atoms with Gasteiger partial charge >= 0.3 is 5.97 Å². The topological polar surface area (TPSA) is 92.8 Å². The van der Waals surface area contributed by atoms with E-state index >= 15 is 0 Å². The molecule has 0 radical (unpaired) electrons. The van der Waals surface area contributed by atoms with Crippen LogP contribution in [-0.2, 0) is 23.5 Å². The van der Waals surface area contributed by atoms with Crippen LogP contribution in [0.15, 0.2) is 78.9 Å². The summed E-state index contributed by atoms with van der Waals surface area (Å²) in [6.45, 7) is 0.878. The Hall–Kier alpha value is -3.15. The number of aliphatic carboxylic acids is 1. The first-order valence-electron chi connectivity index (χ1n) is 8.56. The van der Waals surface area contributed by atoms with Gasteiger partial charge in [-0.2, -0.15) is 0 Å². The molecule has 0 aliphatic heterocycles. The molecule has 0 saturated heterocycles. The Kier molecular flexibility index (Phi) is 5.54. The number of hydrogen-bond acceptors (Lipinski definition) is 4. The second-order valence-corrected chi connectivity index (χ2v) is 6.22. The number of benzene rings is 3. The van der Waals surface area contributed by atoms with Crippen LogP contribution in [0.3, 0.4) is 0 Å². The smallest absolute Gasteiger partial charge is 0.345 e. The summed E-state index contributed by atoms with van der Waals surface area (Å²) >= 11 is 0. The summed E-state index contributed by atoms with van der Waals surface area (Å²) in [7, 11) is 0. The molecule has 0 bridgehead atoms. The Morgan fingerprint density at radius 2 is 1.41 bits per heavy atom. The Balaban J connectivity index is 1.76. The maximum atomic E-state index is 11.8. The molecule has 0 aliphatic rings. The fraction of sp³-hybridized carbons (Fsp3) is 0.136. The van der Waals surface area contributed by atoms with E-state index in [1.54, 1.807) is 54.6 Å². The third kappa shape index (κ3) is 4.00. The minimum atomic E-state index is -2.11. The molecule has 3 aromatic rings. The zero-order valence-corrected chi connectivity index (χ0v) is 14.7. The van der Waals surface area contributed by atoms with Gasteiger partial charge in [0.25, 0.3) is 0 Å². The summed E-state index contributed by atoms with van der Waals surface area (Å²) in [6, 6.07) is 22.6. The second-order valence-electron chi connectivity index (χ2n) is 6.22. The van der Waals surface area contributed by atoms with Crippen LogP contribution in [0.5, 0.6) is 5.75 Å². The molecule has 0 spiro atoms. The Morgan fingerprint density at radius 3 is 1.96 bits per heavy atom. The van der Waals surface area contributed by atoms with Crippen LogP contribution in [-0.4, -0.2) is 16.2 Å². The SMILES string of the molecule is NCc1ccc(COc2ccc(C(O)(C(=O)O)c3ccccc3)cc2)cc1. The molecule has 3 aromatic carbocycles. The summed E-state index contributed by atoms with van der Waals surface area (Å²) in [5.41, 5.74) is 6.09. The zero-order valence-electron chi connectivity index (χ0n) is 14.7. The van der Waals surface area contributed by atoms with Gasteiger partial charge < -0.3 is 20.7 Å². The van der Waals surface area contributed by atoms with Crippen molar-refractivity contribution in [1.82, 2.24) is 0 Å². The Bertz CT molecular complexity index is 892. The number of carbonyl (C=O) groups is 1. The third-order valence-corrected chi connectivity index (χ3v) is 4.44. The Labute approximate surface area is 157 Å². The predicted molar refractivity (Wildman–Crippen MR) is 102 cm³/mol. The lowest BCUT2D eigenvalue weighted by atomic mass is 9.86. The van der Waals surface area contributed by atoms with Gasteiger partial charge in [-0.05, 0) is 34.4 Å². The molecule has 138 valence electrons. The van der Waals surface area contributed by atoms with Gasteiger partial charge in [0.1, 0.15) is 12.4 Å². The maximum Gasteiger partial charge on any atom is 0.345 e. The summed E-state index contributed by atoms with van der Waals surface area (Å²) in [4.78, 5) is 11.8. The molecule has 1 atom stereocenters. The third-order valence-electron chi connectivity index (χ3n) is 4.44. The van der Waals surface area contributed by atoms with Gasteiger partial charge in [-0.3, -0.25) is 0 Å². The highest BCUT2D eigenvalue weighted by Crippen LogP contribution is 2.31. The van der Waals surface area contributed by atoms with E-state index < -0.39 is 11.6 Å². The molecule has 5 nitrogen and oxygen atoms in total.